The maximum absolute atomic E-state index is 6.16. The largest absolute Gasteiger partial charge is 0.490 e. The minimum atomic E-state index is 0.237. The number of hydrazone groups is 1. The second-order valence-electron chi connectivity index (χ2n) is 7.02. The molecule has 0 spiro atoms. The molecule has 4 aromatic rings. The number of nitrogens with zero attached hydrogens (tertiary/aromatic N) is 7. The minimum Gasteiger partial charge on any atom is -0.490 e. The number of amidine groups is 1. The lowest BCUT2D eigenvalue weighted by molar-refractivity contribution is 0.305. The second kappa shape index (κ2) is 7.57. The maximum atomic E-state index is 6.16. The number of hydrogen-bond acceptors (Lipinski definition) is 9. The van der Waals surface area contributed by atoms with E-state index in [9.17, 15) is 0 Å². The van der Waals surface area contributed by atoms with Gasteiger partial charge in [-0.2, -0.15) is 19.7 Å². The number of ether oxygens (including phenoxy) is 1. The van der Waals surface area contributed by atoms with Crippen LogP contribution in [0, 0.1) is 0 Å². The van der Waals surface area contributed by atoms with Crippen molar-refractivity contribution < 1.29 is 4.74 Å². The lowest BCUT2D eigenvalue weighted by Crippen LogP contribution is -2.32. The Bertz CT molecular complexity index is 1330. The zero-order chi connectivity index (χ0) is 21.4. The number of benzene rings is 1. The zero-order valence-electron chi connectivity index (χ0n) is 16.6. The molecule has 0 unspecified atom stereocenters. The molecular formula is C19H21N11O. The van der Waals surface area contributed by atoms with Crippen LogP contribution in [0.4, 0.5) is 5.95 Å². The molecule has 0 saturated heterocycles. The van der Waals surface area contributed by atoms with Gasteiger partial charge in [-0.25, -0.2) is 15.5 Å². The summed E-state index contributed by atoms with van der Waals surface area (Å²) in [5.74, 6) is 12.6. The van der Waals surface area contributed by atoms with Gasteiger partial charge in [0.1, 0.15) is 0 Å². The van der Waals surface area contributed by atoms with Gasteiger partial charge in [-0.1, -0.05) is 18.2 Å². The number of aryl methyl sites for hydroxylation is 2. The molecule has 12 heteroatoms. The number of hydrazine groups is 1. The van der Waals surface area contributed by atoms with Crippen LogP contribution in [-0.4, -0.2) is 41.8 Å². The summed E-state index contributed by atoms with van der Waals surface area (Å²) in [4.78, 5) is 9.11. The monoisotopic (exact) mass is 419 g/mol. The molecule has 0 amide bonds. The Morgan fingerprint density at radius 3 is 2.94 bits per heavy atom. The Hall–Kier alpha value is -4.19. The molecule has 1 aromatic carbocycles. The Morgan fingerprint density at radius 1 is 1.26 bits per heavy atom. The van der Waals surface area contributed by atoms with Crippen molar-refractivity contribution in [2.24, 2.45) is 16.8 Å². The third-order valence-electron chi connectivity index (χ3n) is 5.10. The van der Waals surface area contributed by atoms with Crippen molar-refractivity contribution in [3.8, 4) is 0 Å². The van der Waals surface area contributed by atoms with Crippen LogP contribution in [-0.2, 0) is 17.7 Å². The molecule has 3 aromatic heterocycles. The van der Waals surface area contributed by atoms with Crippen molar-refractivity contribution in [2.75, 3.05) is 12.3 Å². The first-order valence-corrected chi connectivity index (χ1v) is 9.73. The van der Waals surface area contributed by atoms with Crippen molar-refractivity contribution >= 4 is 34.2 Å². The molecule has 1 aliphatic rings. The molecule has 5 rings (SSSR count). The number of anilines is 1. The van der Waals surface area contributed by atoms with Gasteiger partial charge in [0.25, 0.3) is 0 Å². The Morgan fingerprint density at radius 2 is 2.16 bits per heavy atom. The van der Waals surface area contributed by atoms with E-state index in [2.05, 4.69) is 30.7 Å². The third-order valence-corrected chi connectivity index (χ3v) is 5.10. The standard InChI is InChI=1S/C19H21N11O/c20-19-25-17-13(18-24-16(28-30(18)19)14-5-2-8-31-14)10-23-29(17)7-6-11-3-1-4-12(9-11)15(26-21)27-22/h1,3-5,9-10H,2,6-8,21-22H2,(H2,20,25)(H,26,27). The van der Waals surface area contributed by atoms with Crippen molar-refractivity contribution in [1.82, 2.24) is 34.8 Å². The van der Waals surface area contributed by atoms with Crippen LogP contribution in [0.5, 0.6) is 0 Å². The van der Waals surface area contributed by atoms with Gasteiger partial charge in [-0.3, -0.25) is 0 Å². The van der Waals surface area contributed by atoms with Gasteiger partial charge in [0.05, 0.1) is 18.2 Å². The van der Waals surface area contributed by atoms with E-state index >= 15 is 0 Å². The molecule has 1 aliphatic heterocycles. The fourth-order valence-electron chi connectivity index (χ4n) is 3.60. The van der Waals surface area contributed by atoms with Crippen molar-refractivity contribution in [3.05, 3.63) is 53.5 Å². The second-order valence-corrected chi connectivity index (χ2v) is 7.02. The summed E-state index contributed by atoms with van der Waals surface area (Å²) in [6.45, 7) is 1.23. The Balaban J connectivity index is 1.45. The average molecular weight is 419 g/mol. The number of fused-ring (bicyclic) bond motifs is 3. The first-order valence-electron chi connectivity index (χ1n) is 9.73. The van der Waals surface area contributed by atoms with Crippen LogP contribution in [0.1, 0.15) is 23.4 Å². The summed E-state index contributed by atoms with van der Waals surface area (Å²) in [5.41, 5.74) is 11.8. The summed E-state index contributed by atoms with van der Waals surface area (Å²) in [5, 5.41) is 13.4. The maximum Gasteiger partial charge on any atom is 0.225 e. The first kappa shape index (κ1) is 18.8. The number of nitrogens with two attached hydrogens (primary N) is 3. The number of rotatable bonds is 5. The van der Waals surface area contributed by atoms with E-state index in [0.717, 1.165) is 22.9 Å². The molecule has 0 fully saturated rings. The molecule has 0 atom stereocenters. The van der Waals surface area contributed by atoms with Gasteiger partial charge in [0.2, 0.25) is 11.8 Å². The minimum absolute atomic E-state index is 0.237. The van der Waals surface area contributed by atoms with Crippen molar-refractivity contribution in [1.29, 1.82) is 0 Å². The van der Waals surface area contributed by atoms with Crippen LogP contribution >= 0.6 is 0 Å². The fourth-order valence-corrected chi connectivity index (χ4v) is 3.60. The summed E-state index contributed by atoms with van der Waals surface area (Å²) >= 11 is 0. The highest BCUT2D eigenvalue weighted by Gasteiger charge is 2.19. The average Bonchev–Trinajstić information content (AvgIpc) is 3.53. The van der Waals surface area contributed by atoms with Crippen LogP contribution in [0.25, 0.3) is 22.4 Å². The normalized spacial score (nSPS) is 14.2. The van der Waals surface area contributed by atoms with Gasteiger partial charge < -0.3 is 21.7 Å². The SMILES string of the molecule is N/N=C(\NN)c1cccc(CCn2ncc3c2nc(N)n2nc(C4=CCCO4)nc32)c1. The fraction of sp³-hybridized carbons (Fsp3) is 0.211. The summed E-state index contributed by atoms with van der Waals surface area (Å²) < 4.78 is 8.89. The molecule has 7 N–H and O–H groups in total. The zero-order valence-corrected chi connectivity index (χ0v) is 16.6. The number of aromatic nitrogens is 6. The van der Waals surface area contributed by atoms with Gasteiger partial charge >= 0.3 is 0 Å². The molecule has 31 heavy (non-hydrogen) atoms. The lowest BCUT2D eigenvalue weighted by Gasteiger charge is -2.08. The quantitative estimate of drug-likeness (QED) is 0.152. The third kappa shape index (κ3) is 3.28. The van der Waals surface area contributed by atoms with Gasteiger partial charge in [0.15, 0.2) is 22.9 Å². The molecular weight excluding hydrogens is 398 g/mol. The summed E-state index contributed by atoms with van der Waals surface area (Å²) in [6, 6.07) is 7.78. The highest BCUT2D eigenvalue weighted by molar-refractivity contribution is 5.98. The molecule has 4 heterocycles. The summed E-state index contributed by atoms with van der Waals surface area (Å²) in [6.07, 6.45) is 5.24. The Kier molecular flexibility index (Phi) is 4.59. The van der Waals surface area contributed by atoms with E-state index in [1.54, 1.807) is 10.9 Å². The molecule has 0 bridgehead atoms. The highest BCUT2D eigenvalue weighted by Crippen LogP contribution is 2.24. The molecule has 12 nitrogen and oxygen atoms in total. The topological polar surface area (TPSA) is 173 Å². The number of nitrogens with one attached hydrogen (secondary N) is 1. The van der Waals surface area contributed by atoms with Crippen LogP contribution in [0.2, 0.25) is 0 Å². The number of nitrogen functional groups attached to an aromatic ring is 1. The highest BCUT2D eigenvalue weighted by atomic mass is 16.5. The van der Waals surface area contributed by atoms with E-state index in [4.69, 9.17) is 22.2 Å². The van der Waals surface area contributed by atoms with Gasteiger partial charge in [-0.15, -0.1) is 5.10 Å². The Labute approximate surface area is 176 Å². The molecule has 0 aliphatic carbocycles. The van der Waals surface area contributed by atoms with Crippen molar-refractivity contribution in [3.63, 3.8) is 0 Å². The van der Waals surface area contributed by atoms with Crippen molar-refractivity contribution in [2.45, 2.75) is 19.4 Å². The predicted octanol–water partition coefficient (Wildman–Crippen LogP) is 0.144. The summed E-state index contributed by atoms with van der Waals surface area (Å²) in [7, 11) is 0. The van der Waals surface area contributed by atoms with Gasteiger partial charge in [-0.05, 0) is 24.1 Å². The lowest BCUT2D eigenvalue weighted by atomic mass is 10.1. The van der Waals surface area contributed by atoms with E-state index in [0.29, 0.717) is 48.3 Å². The number of hydrogen-bond donors (Lipinski definition) is 4. The smallest absolute Gasteiger partial charge is 0.225 e. The van der Waals surface area contributed by atoms with E-state index in [1.807, 2.05) is 30.3 Å². The van der Waals surface area contributed by atoms with Gasteiger partial charge in [0, 0.05) is 18.5 Å². The molecule has 158 valence electrons. The van der Waals surface area contributed by atoms with E-state index in [1.165, 1.54) is 4.52 Å². The van der Waals surface area contributed by atoms with E-state index in [-0.39, 0.29) is 5.95 Å². The van der Waals surface area contributed by atoms with Crippen LogP contribution in [0.15, 0.2) is 41.6 Å². The molecule has 0 radical (unpaired) electrons. The van der Waals surface area contributed by atoms with E-state index < -0.39 is 0 Å². The molecule has 0 saturated carbocycles. The first-order chi connectivity index (χ1) is 15.2. The predicted molar refractivity (Wildman–Crippen MR) is 115 cm³/mol. The van der Waals surface area contributed by atoms with Crippen LogP contribution < -0.4 is 22.8 Å². The van der Waals surface area contributed by atoms with Crippen LogP contribution in [0.3, 0.4) is 0 Å².